The van der Waals surface area contributed by atoms with Crippen LogP contribution in [0.4, 0.5) is 0 Å². The highest BCUT2D eigenvalue weighted by Gasteiger charge is 2.31. The Bertz CT molecular complexity index is 958. The van der Waals surface area contributed by atoms with E-state index in [0.717, 1.165) is 12.0 Å². The minimum atomic E-state index is -0.111. The zero-order valence-electron chi connectivity index (χ0n) is 15.4. The minimum absolute atomic E-state index is 0.0711. The summed E-state index contributed by atoms with van der Waals surface area (Å²) in [6, 6.07) is 7.53. The molecule has 1 aromatic carbocycles. The van der Waals surface area contributed by atoms with Crippen LogP contribution in [0.3, 0.4) is 0 Å². The Hall–Kier alpha value is -3.16. The van der Waals surface area contributed by atoms with Gasteiger partial charge in [-0.2, -0.15) is 4.98 Å². The fraction of sp³-hybridized carbons (Fsp3) is 0.368. The Morgan fingerprint density at radius 1 is 1.19 bits per heavy atom. The summed E-state index contributed by atoms with van der Waals surface area (Å²) in [5.74, 6) is 2.12. The summed E-state index contributed by atoms with van der Waals surface area (Å²) in [6.45, 7) is 6.41. The first-order chi connectivity index (χ1) is 13.0. The van der Waals surface area contributed by atoms with Gasteiger partial charge in [0.2, 0.25) is 0 Å². The van der Waals surface area contributed by atoms with Crippen molar-refractivity contribution in [3.05, 3.63) is 47.1 Å². The van der Waals surface area contributed by atoms with Crippen LogP contribution in [0.25, 0.3) is 11.5 Å². The largest absolute Gasteiger partial charge is 0.488 e. The molecule has 3 heterocycles. The van der Waals surface area contributed by atoms with E-state index in [-0.39, 0.29) is 12.0 Å². The van der Waals surface area contributed by atoms with Gasteiger partial charge in [-0.3, -0.25) is 4.79 Å². The Kier molecular flexibility index (Phi) is 4.39. The molecule has 3 aromatic rings. The van der Waals surface area contributed by atoms with Crippen LogP contribution < -0.4 is 4.74 Å². The molecule has 1 aliphatic heterocycles. The molecule has 0 bridgehead atoms. The first kappa shape index (κ1) is 17.3. The standard InChI is InChI=1S/C19H20N4O4/c1-11-17(12(2)26-21-11)19(24)23-9-8-14(10-23)25-16-7-5-4-6-15(16)18-20-13(3)22-27-18/h4-7,14H,8-10H2,1-3H3. The second-order valence-electron chi connectivity index (χ2n) is 6.62. The summed E-state index contributed by atoms with van der Waals surface area (Å²) in [5, 5.41) is 7.70. The van der Waals surface area contributed by atoms with Crippen molar-refractivity contribution in [3.8, 4) is 17.2 Å². The SMILES string of the molecule is Cc1noc(-c2ccccc2OC2CCN(C(=O)c3c(C)noc3C)C2)n1. The molecule has 1 aliphatic rings. The summed E-state index contributed by atoms with van der Waals surface area (Å²) >= 11 is 0. The van der Waals surface area contributed by atoms with Crippen LogP contribution in [0.1, 0.15) is 34.1 Å². The van der Waals surface area contributed by atoms with Gasteiger partial charge in [0, 0.05) is 13.0 Å². The highest BCUT2D eigenvalue weighted by Crippen LogP contribution is 2.31. The smallest absolute Gasteiger partial charge is 0.261 e. The molecule has 0 saturated carbocycles. The van der Waals surface area contributed by atoms with Gasteiger partial charge in [0.05, 0.1) is 17.8 Å². The van der Waals surface area contributed by atoms with Gasteiger partial charge in [0.15, 0.2) is 5.82 Å². The average molecular weight is 368 g/mol. The maximum atomic E-state index is 12.8. The molecule has 0 radical (unpaired) electrons. The van der Waals surface area contributed by atoms with E-state index < -0.39 is 0 Å². The fourth-order valence-corrected chi connectivity index (χ4v) is 3.29. The molecule has 1 atom stereocenters. The van der Waals surface area contributed by atoms with Crippen molar-refractivity contribution in [2.24, 2.45) is 0 Å². The number of aryl methyl sites for hydroxylation is 3. The first-order valence-electron chi connectivity index (χ1n) is 8.81. The van der Waals surface area contributed by atoms with Gasteiger partial charge in [-0.15, -0.1) is 0 Å². The average Bonchev–Trinajstić information content (AvgIpc) is 3.36. The van der Waals surface area contributed by atoms with E-state index in [2.05, 4.69) is 15.3 Å². The number of hydrogen-bond acceptors (Lipinski definition) is 7. The van der Waals surface area contributed by atoms with E-state index in [9.17, 15) is 4.79 Å². The number of likely N-dealkylation sites (tertiary alicyclic amines) is 1. The quantitative estimate of drug-likeness (QED) is 0.699. The molecule has 0 spiro atoms. The third kappa shape index (κ3) is 3.30. The zero-order chi connectivity index (χ0) is 19.0. The lowest BCUT2D eigenvalue weighted by Crippen LogP contribution is -2.31. The molecular formula is C19H20N4O4. The number of nitrogens with zero attached hydrogens (tertiary/aromatic N) is 4. The summed E-state index contributed by atoms with van der Waals surface area (Å²) < 4.78 is 16.5. The number of carbonyl (C=O) groups excluding carboxylic acids is 1. The number of hydrogen-bond donors (Lipinski definition) is 0. The third-order valence-electron chi connectivity index (χ3n) is 4.62. The molecule has 0 N–H and O–H groups in total. The molecule has 140 valence electrons. The number of benzene rings is 1. The molecule has 4 rings (SSSR count). The molecule has 1 unspecified atom stereocenters. The van der Waals surface area contributed by atoms with Crippen molar-refractivity contribution in [2.75, 3.05) is 13.1 Å². The Morgan fingerprint density at radius 2 is 2.00 bits per heavy atom. The summed E-state index contributed by atoms with van der Waals surface area (Å²) in [4.78, 5) is 18.8. The van der Waals surface area contributed by atoms with Crippen LogP contribution >= 0.6 is 0 Å². The predicted octanol–water partition coefficient (Wildman–Crippen LogP) is 2.94. The van der Waals surface area contributed by atoms with E-state index in [1.807, 2.05) is 24.3 Å². The van der Waals surface area contributed by atoms with Crippen LogP contribution in [0.5, 0.6) is 5.75 Å². The van der Waals surface area contributed by atoms with Crippen molar-refractivity contribution in [2.45, 2.75) is 33.3 Å². The van der Waals surface area contributed by atoms with Gasteiger partial charge >= 0.3 is 0 Å². The lowest BCUT2D eigenvalue weighted by atomic mass is 10.2. The van der Waals surface area contributed by atoms with Crippen LogP contribution in [0, 0.1) is 20.8 Å². The molecule has 1 saturated heterocycles. The van der Waals surface area contributed by atoms with E-state index in [4.69, 9.17) is 13.8 Å². The lowest BCUT2D eigenvalue weighted by molar-refractivity contribution is 0.0770. The Morgan fingerprint density at radius 3 is 2.70 bits per heavy atom. The number of rotatable bonds is 4. The van der Waals surface area contributed by atoms with Gasteiger partial charge in [0.1, 0.15) is 23.2 Å². The maximum absolute atomic E-state index is 12.8. The van der Waals surface area contributed by atoms with Crippen molar-refractivity contribution < 1.29 is 18.6 Å². The molecule has 8 nitrogen and oxygen atoms in total. The van der Waals surface area contributed by atoms with E-state index in [1.54, 1.807) is 25.7 Å². The second kappa shape index (κ2) is 6.86. The van der Waals surface area contributed by atoms with Gasteiger partial charge in [0.25, 0.3) is 11.8 Å². The number of amides is 1. The Balaban J connectivity index is 1.49. The monoisotopic (exact) mass is 368 g/mol. The molecule has 1 amide bonds. The summed E-state index contributed by atoms with van der Waals surface area (Å²) in [6.07, 6.45) is 0.631. The van der Waals surface area contributed by atoms with Gasteiger partial charge in [-0.1, -0.05) is 22.4 Å². The van der Waals surface area contributed by atoms with Gasteiger partial charge in [-0.25, -0.2) is 0 Å². The van der Waals surface area contributed by atoms with Crippen LogP contribution in [0.15, 0.2) is 33.3 Å². The third-order valence-corrected chi connectivity index (χ3v) is 4.62. The lowest BCUT2D eigenvalue weighted by Gasteiger charge is -2.18. The van der Waals surface area contributed by atoms with Gasteiger partial charge in [-0.05, 0) is 32.9 Å². The Labute approximate surface area is 156 Å². The molecule has 2 aromatic heterocycles. The van der Waals surface area contributed by atoms with Crippen molar-refractivity contribution in [1.82, 2.24) is 20.2 Å². The number of carbonyl (C=O) groups is 1. The van der Waals surface area contributed by atoms with E-state index in [1.165, 1.54) is 0 Å². The van der Waals surface area contributed by atoms with E-state index in [0.29, 0.717) is 47.6 Å². The highest BCUT2D eigenvalue weighted by molar-refractivity contribution is 5.96. The van der Waals surface area contributed by atoms with Crippen molar-refractivity contribution >= 4 is 5.91 Å². The number of para-hydroxylation sites is 1. The predicted molar refractivity (Wildman–Crippen MR) is 95.4 cm³/mol. The zero-order valence-corrected chi connectivity index (χ0v) is 15.4. The topological polar surface area (TPSA) is 94.5 Å². The number of aromatic nitrogens is 3. The van der Waals surface area contributed by atoms with Gasteiger partial charge < -0.3 is 18.7 Å². The van der Waals surface area contributed by atoms with Crippen LogP contribution in [-0.2, 0) is 0 Å². The molecule has 0 aliphatic carbocycles. The fourth-order valence-electron chi connectivity index (χ4n) is 3.29. The van der Waals surface area contributed by atoms with Crippen LogP contribution in [0.2, 0.25) is 0 Å². The molecule has 1 fully saturated rings. The molecule has 8 heteroatoms. The minimum Gasteiger partial charge on any atom is -0.488 e. The normalized spacial score (nSPS) is 16.7. The first-order valence-corrected chi connectivity index (χ1v) is 8.81. The summed E-state index contributed by atoms with van der Waals surface area (Å²) in [5.41, 5.74) is 1.89. The van der Waals surface area contributed by atoms with Crippen molar-refractivity contribution in [1.29, 1.82) is 0 Å². The highest BCUT2D eigenvalue weighted by atomic mass is 16.5. The molecule has 27 heavy (non-hydrogen) atoms. The van der Waals surface area contributed by atoms with Crippen LogP contribution in [-0.4, -0.2) is 45.3 Å². The second-order valence-corrected chi connectivity index (χ2v) is 6.62. The van der Waals surface area contributed by atoms with Crippen molar-refractivity contribution in [3.63, 3.8) is 0 Å². The maximum Gasteiger partial charge on any atom is 0.261 e. The molecular weight excluding hydrogens is 348 g/mol. The number of ether oxygens (including phenoxy) is 1. The summed E-state index contributed by atoms with van der Waals surface area (Å²) in [7, 11) is 0. The van der Waals surface area contributed by atoms with E-state index >= 15 is 0 Å².